The molecule has 2 saturated heterocycles. The van der Waals surface area contributed by atoms with Crippen LogP contribution >= 0.6 is 0 Å². The zero-order chi connectivity index (χ0) is 17.5. The number of ether oxygens (including phenoxy) is 2. The Morgan fingerprint density at radius 3 is 2.71 bits per heavy atom. The van der Waals surface area contributed by atoms with E-state index in [-0.39, 0.29) is 5.54 Å². The SMILES string of the molecule is Cc1cnn(C2(C)COC2)c1N1CCCCC1OC(=O)C(F)(F)F. The first kappa shape index (κ1) is 17.1. The maximum absolute atomic E-state index is 12.6. The molecule has 0 amide bonds. The first-order chi connectivity index (χ1) is 11.2. The largest absolute Gasteiger partial charge is 0.491 e. The van der Waals surface area contributed by atoms with Gasteiger partial charge in [0.1, 0.15) is 11.4 Å². The lowest BCUT2D eigenvalue weighted by Gasteiger charge is -2.43. The van der Waals surface area contributed by atoms with Crippen molar-refractivity contribution in [3.05, 3.63) is 11.8 Å². The van der Waals surface area contributed by atoms with Gasteiger partial charge < -0.3 is 14.4 Å². The minimum Gasteiger partial charge on any atom is -0.435 e. The van der Waals surface area contributed by atoms with E-state index < -0.39 is 18.4 Å². The first-order valence-corrected chi connectivity index (χ1v) is 7.90. The Bertz CT molecular complexity index is 625. The average Bonchev–Trinajstić information content (AvgIpc) is 2.86. The summed E-state index contributed by atoms with van der Waals surface area (Å²) in [4.78, 5) is 13.0. The third-order valence-corrected chi connectivity index (χ3v) is 4.45. The number of anilines is 1. The summed E-state index contributed by atoms with van der Waals surface area (Å²) < 4.78 is 49.5. The van der Waals surface area contributed by atoms with Gasteiger partial charge >= 0.3 is 12.1 Å². The highest BCUT2D eigenvalue weighted by atomic mass is 19.4. The fourth-order valence-corrected chi connectivity index (χ4v) is 3.14. The summed E-state index contributed by atoms with van der Waals surface area (Å²) in [5.74, 6) is -1.46. The van der Waals surface area contributed by atoms with Gasteiger partial charge in [-0.05, 0) is 26.7 Å². The summed E-state index contributed by atoms with van der Waals surface area (Å²) in [6.45, 7) is 5.31. The number of nitrogens with zero attached hydrogens (tertiary/aromatic N) is 3. The lowest BCUT2D eigenvalue weighted by atomic mass is 10.0. The summed E-state index contributed by atoms with van der Waals surface area (Å²) in [5.41, 5.74) is 0.498. The molecular weight excluding hydrogens is 327 g/mol. The second-order valence-corrected chi connectivity index (χ2v) is 6.60. The van der Waals surface area contributed by atoms with Gasteiger partial charge in [0, 0.05) is 18.5 Å². The van der Waals surface area contributed by atoms with Gasteiger partial charge in [-0.2, -0.15) is 18.3 Å². The van der Waals surface area contributed by atoms with Crippen molar-refractivity contribution < 1.29 is 27.4 Å². The van der Waals surface area contributed by atoms with Gasteiger partial charge in [0.05, 0.1) is 19.4 Å². The molecule has 9 heteroatoms. The minimum absolute atomic E-state index is 0.334. The Morgan fingerprint density at radius 2 is 2.12 bits per heavy atom. The van der Waals surface area contributed by atoms with Crippen LogP contribution < -0.4 is 4.90 Å². The van der Waals surface area contributed by atoms with E-state index in [2.05, 4.69) is 5.10 Å². The molecule has 0 N–H and O–H groups in total. The van der Waals surface area contributed by atoms with Crippen molar-refractivity contribution >= 4 is 11.8 Å². The molecule has 1 aromatic heterocycles. The second-order valence-electron chi connectivity index (χ2n) is 6.60. The van der Waals surface area contributed by atoms with Crippen molar-refractivity contribution in [3.63, 3.8) is 0 Å². The molecule has 134 valence electrons. The average molecular weight is 347 g/mol. The molecular formula is C15H20F3N3O3. The molecule has 0 aromatic carbocycles. The topological polar surface area (TPSA) is 56.6 Å². The number of aryl methyl sites for hydroxylation is 1. The van der Waals surface area contributed by atoms with Crippen LogP contribution in [0.2, 0.25) is 0 Å². The molecule has 0 bridgehead atoms. The van der Waals surface area contributed by atoms with Crippen molar-refractivity contribution in [2.45, 2.75) is 51.1 Å². The van der Waals surface area contributed by atoms with Crippen LogP contribution in [-0.2, 0) is 19.8 Å². The molecule has 3 rings (SSSR count). The number of carbonyl (C=O) groups is 1. The van der Waals surface area contributed by atoms with E-state index in [1.807, 2.05) is 13.8 Å². The normalized spacial score (nSPS) is 23.7. The molecule has 0 spiro atoms. The zero-order valence-corrected chi connectivity index (χ0v) is 13.6. The molecule has 0 radical (unpaired) electrons. The molecule has 1 unspecified atom stereocenters. The number of hydrogen-bond donors (Lipinski definition) is 0. The van der Waals surface area contributed by atoms with Crippen LogP contribution in [0.1, 0.15) is 31.7 Å². The quantitative estimate of drug-likeness (QED) is 0.786. The number of alkyl halides is 3. The molecule has 2 aliphatic heterocycles. The Hall–Kier alpha value is -1.77. The van der Waals surface area contributed by atoms with Gasteiger partial charge in [0.2, 0.25) is 0 Å². The monoisotopic (exact) mass is 347 g/mol. The van der Waals surface area contributed by atoms with Crippen LogP contribution in [0.3, 0.4) is 0 Å². The molecule has 0 saturated carbocycles. The lowest BCUT2D eigenvalue weighted by molar-refractivity contribution is -0.205. The van der Waals surface area contributed by atoms with Gasteiger partial charge in [-0.3, -0.25) is 0 Å². The highest BCUT2D eigenvalue weighted by Gasteiger charge is 2.45. The maximum atomic E-state index is 12.6. The third-order valence-electron chi connectivity index (χ3n) is 4.45. The van der Waals surface area contributed by atoms with Gasteiger partial charge in [-0.15, -0.1) is 0 Å². The molecule has 1 atom stereocenters. The first-order valence-electron chi connectivity index (χ1n) is 7.90. The van der Waals surface area contributed by atoms with Gasteiger partial charge in [0.15, 0.2) is 6.23 Å². The van der Waals surface area contributed by atoms with E-state index in [4.69, 9.17) is 9.47 Å². The van der Waals surface area contributed by atoms with Gasteiger partial charge in [-0.1, -0.05) is 0 Å². The summed E-state index contributed by atoms with van der Waals surface area (Å²) in [7, 11) is 0. The summed E-state index contributed by atoms with van der Waals surface area (Å²) in [5, 5.41) is 4.38. The standard InChI is InChI=1S/C15H20F3N3O3/c1-10-7-19-21(14(2)8-23-9-14)12(10)20-6-4-3-5-11(20)24-13(22)15(16,17)18/h7,11H,3-6,8-9H2,1-2H3. The van der Waals surface area contributed by atoms with E-state index in [1.165, 1.54) is 0 Å². The van der Waals surface area contributed by atoms with Crippen LogP contribution in [0.25, 0.3) is 0 Å². The molecule has 2 fully saturated rings. The summed E-state index contributed by atoms with van der Waals surface area (Å²) in [6, 6.07) is 0. The van der Waals surface area contributed by atoms with Crippen molar-refractivity contribution in [1.29, 1.82) is 0 Å². The molecule has 2 aliphatic rings. The zero-order valence-electron chi connectivity index (χ0n) is 13.6. The minimum atomic E-state index is -4.99. The Morgan fingerprint density at radius 1 is 1.42 bits per heavy atom. The highest BCUT2D eigenvalue weighted by Crippen LogP contribution is 2.35. The number of rotatable bonds is 3. The Kier molecular flexibility index (Phi) is 4.23. The molecule has 6 nitrogen and oxygen atoms in total. The van der Waals surface area contributed by atoms with Crippen LogP contribution in [0.5, 0.6) is 0 Å². The maximum Gasteiger partial charge on any atom is 0.491 e. The number of carbonyl (C=O) groups excluding carboxylic acids is 1. The molecule has 24 heavy (non-hydrogen) atoms. The van der Waals surface area contributed by atoms with Crippen LogP contribution in [0, 0.1) is 6.92 Å². The molecule has 0 aliphatic carbocycles. The number of hydrogen-bond acceptors (Lipinski definition) is 5. The van der Waals surface area contributed by atoms with E-state index in [1.54, 1.807) is 15.8 Å². The van der Waals surface area contributed by atoms with E-state index in [9.17, 15) is 18.0 Å². The predicted octanol–water partition coefficient (Wildman–Crippen LogP) is 2.36. The van der Waals surface area contributed by atoms with E-state index >= 15 is 0 Å². The third kappa shape index (κ3) is 2.97. The number of esters is 1. The Balaban J connectivity index is 1.89. The Labute approximate surface area is 137 Å². The number of piperidine rings is 1. The highest BCUT2D eigenvalue weighted by molar-refractivity contribution is 5.76. The molecule has 3 heterocycles. The van der Waals surface area contributed by atoms with Crippen LogP contribution in [-0.4, -0.2) is 47.9 Å². The molecule has 1 aromatic rings. The number of halogens is 3. The van der Waals surface area contributed by atoms with Crippen LogP contribution in [0.15, 0.2) is 6.20 Å². The summed E-state index contributed by atoms with van der Waals surface area (Å²) >= 11 is 0. The van der Waals surface area contributed by atoms with Crippen molar-refractivity contribution in [1.82, 2.24) is 9.78 Å². The summed E-state index contributed by atoms with van der Waals surface area (Å²) in [6.07, 6.45) is -2.37. The van der Waals surface area contributed by atoms with Gasteiger partial charge in [-0.25, -0.2) is 9.48 Å². The predicted molar refractivity (Wildman–Crippen MR) is 78.6 cm³/mol. The van der Waals surface area contributed by atoms with E-state index in [0.717, 1.165) is 12.0 Å². The van der Waals surface area contributed by atoms with Crippen molar-refractivity contribution in [3.8, 4) is 0 Å². The number of aromatic nitrogens is 2. The van der Waals surface area contributed by atoms with Crippen molar-refractivity contribution in [2.75, 3.05) is 24.7 Å². The smallest absolute Gasteiger partial charge is 0.435 e. The fourth-order valence-electron chi connectivity index (χ4n) is 3.14. The second kappa shape index (κ2) is 5.94. The van der Waals surface area contributed by atoms with Crippen molar-refractivity contribution in [2.24, 2.45) is 0 Å². The van der Waals surface area contributed by atoms with Gasteiger partial charge in [0.25, 0.3) is 0 Å². The van der Waals surface area contributed by atoms with E-state index in [0.29, 0.717) is 38.4 Å². The van der Waals surface area contributed by atoms with Crippen LogP contribution in [0.4, 0.5) is 19.0 Å². The fraction of sp³-hybridized carbons (Fsp3) is 0.733. The lowest BCUT2D eigenvalue weighted by Crippen LogP contribution is -2.53.